The summed E-state index contributed by atoms with van der Waals surface area (Å²) in [6, 6.07) is 2.67. The van der Waals surface area contributed by atoms with Gasteiger partial charge in [0.05, 0.1) is 11.5 Å². The van der Waals surface area contributed by atoms with E-state index in [1.54, 1.807) is 13.0 Å². The van der Waals surface area contributed by atoms with E-state index >= 15 is 0 Å². The minimum atomic E-state index is -0.409. The monoisotopic (exact) mass is 381 g/mol. The third-order valence-electron chi connectivity index (χ3n) is 3.59. The zero-order valence-electron chi connectivity index (χ0n) is 15.2. The summed E-state index contributed by atoms with van der Waals surface area (Å²) < 4.78 is 19.3. The van der Waals surface area contributed by atoms with Gasteiger partial charge < -0.3 is 9.84 Å². The van der Waals surface area contributed by atoms with Crippen LogP contribution in [-0.4, -0.2) is 47.5 Å². The Balaban J connectivity index is 0.00000117. The molecule has 2 N–H and O–H groups in total. The summed E-state index contributed by atoms with van der Waals surface area (Å²) in [5, 5.41) is 11.4. The smallest absolute Gasteiger partial charge is 0.286 e. The maximum atomic E-state index is 13.8. The van der Waals surface area contributed by atoms with Gasteiger partial charge >= 0.3 is 0 Å². The van der Waals surface area contributed by atoms with Gasteiger partial charge in [-0.3, -0.25) is 9.80 Å². The number of thioether (sulfide) groups is 1. The second-order valence-corrected chi connectivity index (χ2v) is 6.45. The lowest BCUT2D eigenvalue weighted by Crippen LogP contribution is -2.34. The third kappa shape index (κ3) is 4.84. The lowest BCUT2D eigenvalue weighted by molar-refractivity contribution is -0.113. The van der Waals surface area contributed by atoms with Gasteiger partial charge in [0.2, 0.25) is 0 Å². The van der Waals surface area contributed by atoms with Crippen molar-refractivity contribution >= 4 is 28.9 Å². The first-order valence-electron chi connectivity index (χ1n) is 8.66. The number of hydrogen-bond donors (Lipinski definition) is 2. The maximum absolute atomic E-state index is 13.8. The summed E-state index contributed by atoms with van der Waals surface area (Å²) in [6.07, 6.45) is 2.58. The Morgan fingerprint density at radius 1 is 1.46 bits per heavy atom. The van der Waals surface area contributed by atoms with Gasteiger partial charge in [0.1, 0.15) is 18.2 Å². The van der Waals surface area contributed by atoms with Crippen LogP contribution in [0.5, 0.6) is 5.75 Å². The highest BCUT2D eigenvalue weighted by atomic mass is 32.2. The van der Waals surface area contributed by atoms with Crippen LogP contribution in [0.4, 0.5) is 4.39 Å². The molecule has 2 aliphatic heterocycles. The molecule has 0 bridgehead atoms. The number of benzene rings is 1. The Morgan fingerprint density at radius 3 is 2.88 bits per heavy atom. The number of hydrazine groups is 1. The van der Waals surface area contributed by atoms with Crippen LogP contribution in [-0.2, 0) is 4.79 Å². The molecule has 0 unspecified atom stereocenters. The number of amides is 1. The summed E-state index contributed by atoms with van der Waals surface area (Å²) in [5.41, 5.74) is 4.22. The average molecular weight is 381 g/mol. The minimum Gasteiger partial charge on any atom is -0.490 e. The standard InChI is InChI=1S/C16H18FN3O3S.C2H6/c1-10-7-12(17)8-11(14(10)23-6-5-21)9-13-15(22)19-16(24-13)20-4-2-3-18-20;1-2/h7-9,18,21H,2-6H2,1H3;1-2H3/b13-9-;. The van der Waals surface area contributed by atoms with E-state index in [-0.39, 0.29) is 19.1 Å². The van der Waals surface area contributed by atoms with Crippen LogP contribution in [0.25, 0.3) is 6.08 Å². The van der Waals surface area contributed by atoms with Gasteiger partial charge in [0.15, 0.2) is 5.17 Å². The van der Waals surface area contributed by atoms with E-state index in [2.05, 4.69) is 10.4 Å². The van der Waals surface area contributed by atoms with E-state index in [4.69, 9.17) is 9.84 Å². The molecule has 1 aromatic carbocycles. The molecule has 0 radical (unpaired) electrons. The quantitative estimate of drug-likeness (QED) is 0.782. The first kappa shape index (κ1) is 20.4. The van der Waals surface area contributed by atoms with Crippen LogP contribution in [0, 0.1) is 12.7 Å². The van der Waals surface area contributed by atoms with Crippen molar-refractivity contribution in [1.29, 1.82) is 0 Å². The maximum Gasteiger partial charge on any atom is 0.286 e. The summed E-state index contributed by atoms with van der Waals surface area (Å²) >= 11 is 1.25. The van der Waals surface area contributed by atoms with Crippen LogP contribution < -0.4 is 10.2 Å². The minimum absolute atomic E-state index is 0.100. The van der Waals surface area contributed by atoms with Crippen molar-refractivity contribution in [3.05, 3.63) is 34.0 Å². The molecule has 1 aromatic rings. The molecule has 6 nitrogen and oxygen atoms in total. The topological polar surface area (TPSA) is 74.2 Å². The van der Waals surface area contributed by atoms with Crippen LogP contribution in [0.2, 0.25) is 0 Å². The van der Waals surface area contributed by atoms with Gasteiger partial charge in [0, 0.05) is 18.7 Å². The number of nitrogens with zero attached hydrogens (tertiary/aromatic N) is 2. The van der Waals surface area contributed by atoms with E-state index in [0.717, 1.165) is 19.5 Å². The number of aryl methyl sites for hydroxylation is 1. The van der Waals surface area contributed by atoms with Crippen molar-refractivity contribution in [2.24, 2.45) is 4.99 Å². The summed E-state index contributed by atoms with van der Waals surface area (Å²) in [6.45, 7) is 7.33. The molecule has 1 fully saturated rings. The fraction of sp³-hybridized carbons (Fsp3) is 0.444. The Hall–Kier alpha value is -1.90. The normalized spacial score (nSPS) is 18.0. The predicted octanol–water partition coefficient (Wildman–Crippen LogP) is 2.71. The number of nitrogens with one attached hydrogen (secondary N) is 1. The van der Waals surface area contributed by atoms with E-state index in [9.17, 15) is 9.18 Å². The first-order chi connectivity index (χ1) is 12.6. The molecule has 142 valence electrons. The molecular formula is C18H24FN3O3S. The molecule has 2 aliphatic rings. The Labute approximate surface area is 157 Å². The fourth-order valence-corrected chi connectivity index (χ4v) is 3.47. The van der Waals surface area contributed by atoms with Crippen LogP contribution >= 0.6 is 11.8 Å². The van der Waals surface area contributed by atoms with E-state index in [0.29, 0.717) is 26.9 Å². The van der Waals surface area contributed by atoms with Gasteiger partial charge in [-0.05, 0) is 48.9 Å². The molecule has 2 heterocycles. The second-order valence-electron chi connectivity index (χ2n) is 5.44. The fourth-order valence-electron chi connectivity index (χ4n) is 2.56. The number of halogens is 1. The van der Waals surface area contributed by atoms with Crippen molar-refractivity contribution in [3.8, 4) is 5.75 Å². The number of amidine groups is 1. The molecular weight excluding hydrogens is 357 g/mol. The molecule has 0 atom stereocenters. The SMILES string of the molecule is CC.Cc1cc(F)cc(/C=C2\SC(N3CCCN3)=NC2=O)c1OCCO. The molecule has 0 saturated carbocycles. The lowest BCUT2D eigenvalue weighted by Gasteiger charge is -2.15. The van der Waals surface area contributed by atoms with E-state index in [1.807, 2.05) is 18.9 Å². The second kappa shape index (κ2) is 9.70. The molecule has 1 saturated heterocycles. The molecule has 0 spiro atoms. The van der Waals surface area contributed by atoms with Crippen LogP contribution in [0.15, 0.2) is 22.0 Å². The highest BCUT2D eigenvalue weighted by Crippen LogP contribution is 2.34. The lowest BCUT2D eigenvalue weighted by atomic mass is 10.1. The van der Waals surface area contributed by atoms with Crippen molar-refractivity contribution in [2.45, 2.75) is 27.2 Å². The zero-order valence-corrected chi connectivity index (χ0v) is 16.0. The first-order valence-corrected chi connectivity index (χ1v) is 9.47. The summed E-state index contributed by atoms with van der Waals surface area (Å²) in [4.78, 5) is 16.6. The van der Waals surface area contributed by atoms with Gasteiger partial charge in [-0.25, -0.2) is 9.82 Å². The number of aliphatic hydroxyl groups excluding tert-OH is 1. The highest BCUT2D eigenvalue weighted by Gasteiger charge is 2.28. The van der Waals surface area contributed by atoms with Gasteiger partial charge in [0.25, 0.3) is 5.91 Å². The van der Waals surface area contributed by atoms with E-state index in [1.165, 1.54) is 23.9 Å². The Bertz CT molecular complexity index is 716. The van der Waals surface area contributed by atoms with Crippen molar-refractivity contribution < 1.29 is 19.0 Å². The summed E-state index contributed by atoms with van der Waals surface area (Å²) in [5.74, 6) is -0.300. The zero-order chi connectivity index (χ0) is 19.1. The van der Waals surface area contributed by atoms with Gasteiger partial charge in [-0.1, -0.05) is 13.8 Å². The van der Waals surface area contributed by atoms with Gasteiger partial charge in [-0.15, -0.1) is 0 Å². The molecule has 0 aliphatic carbocycles. The highest BCUT2D eigenvalue weighted by molar-refractivity contribution is 8.18. The number of aliphatic hydroxyl groups is 1. The van der Waals surface area contributed by atoms with Crippen molar-refractivity contribution in [3.63, 3.8) is 0 Å². The predicted molar refractivity (Wildman–Crippen MR) is 102 cm³/mol. The van der Waals surface area contributed by atoms with Crippen LogP contribution in [0.1, 0.15) is 31.4 Å². The number of aliphatic imine (C=N–C) groups is 1. The molecule has 8 heteroatoms. The number of rotatable bonds is 4. The largest absolute Gasteiger partial charge is 0.490 e. The number of ether oxygens (including phenoxy) is 1. The van der Waals surface area contributed by atoms with Crippen molar-refractivity contribution in [2.75, 3.05) is 26.3 Å². The third-order valence-corrected chi connectivity index (χ3v) is 4.60. The van der Waals surface area contributed by atoms with E-state index < -0.39 is 5.82 Å². The molecule has 3 rings (SSSR count). The number of carbonyl (C=O) groups excluding carboxylic acids is 1. The number of carbonyl (C=O) groups is 1. The molecule has 26 heavy (non-hydrogen) atoms. The van der Waals surface area contributed by atoms with Crippen LogP contribution in [0.3, 0.4) is 0 Å². The summed E-state index contributed by atoms with van der Waals surface area (Å²) in [7, 11) is 0. The Kier molecular flexibility index (Phi) is 7.62. The number of hydrogen-bond acceptors (Lipinski definition) is 6. The Morgan fingerprint density at radius 2 is 2.23 bits per heavy atom. The van der Waals surface area contributed by atoms with Gasteiger partial charge in [-0.2, -0.15) is 4.99 Å². The molecule has 1 amide bonds. The average Bonchev–Trinajstić information content (AvgIpc) is 3.26. The molecule has 0 aromatic heterocycles. The van der Waals surface area contributed by atoms with Crippen molar-refractivity contribution in [1.82, 2.24) is 10.4 Å².